The van der Waals surface area contributed by atoms with Gasteiger partial charge in [-0.05, 0) is 77.8 Å². The molecule has 2 atom stereocenters. The van der Waals surface area contributed by atoms with Crippen molar-refractivity contribution in [3.8, 4) is 17.3 Å². The third-order valence-corrected chi connectivity index (χ3v) is 9.94. The van der Waals surface area contributed by atoms with E-state index in [1.54, 1.807) is 0 Å². The average Bonchev–Trinajstić information content (AvgIpc) is 3.83. The van der Waals surface area contributed by atoms with Crippen molar-refractivity contribution in [2.24, 2.45) is 11.8 Å². The molecule has 2 unspecified atom stereocenters. The summed E-state index contributed by atoms with van der Waals surface area (Å²) in [6.07, 6.45) is 7.80. The monoisotopic (exact) mass is 783 g/mol. The molecule has 3 saturated carbocycles. The van der Waals surface area contributed by atoms with Crippen molar-refractivity contribution in [2.75, 3.05) is 9.80 Å². The molecule has 4 aliphatic rings. The van der Waals surface area contributed by atoms with Gasteiger partial charge in [0.15, 0.2) is 0 Å². The third kappa shape index (κ3) is 4.64. The molecule has 3 aromatic heterocycles. The molecule has 234 valence electrons. The molecular formula is C39H34N5OPt-3. The second-order valence-electron chi connectivity index (χ2n) is 13.7. The van der Waals surface area contributed by atoms with E-state index in [0.717, 1.165) is 56.7 Å². The molecular weight excluding hydrogens is 750 g/mol. The summed E-state index contributed by atoms with van der Waals surface area (Å²) in [5.41, 5.74) is 5.27. The van der Waals surface area contributed by atoms with Gasteiger partial charge in [0.05, 0.1) is 5.69 Å². The van der Waals surface area contributed by atoms with Crippen LogP contribution in [0.25, 0.3) is 27.6 Å². The molecule has 6 nitrogen and oxygen atoms in total. The summed E-state index contributed by atoms with van der Waals surface area (Å²) in [6, 6.07) is 34.7. The minimum absolute atomic E-state index is 0. The quantitative estimate of drug-likeness (QED) is 0.163. The molecule has 2 bridgehead atoms. The number of rotatable bonds is 5. The fraction of sp³-hybridized carbons (Fsp3) is 0.256. The summed E-state index contributed by atoms with van der Waals surface area (Å²) in [4.78, 5) is 14.2. The number of hydrogen-bond acceptors (Lipinski definition) is 5. The normalized spacial score (nSPS) is 20.1. The molecule has 46 heavy (non-hydrogen) atoms. The van der Waals surface area contributed by atoms with E-state index in [1.807, 2.05) is 36.7 Å². The third-order valence-electron chi connectivity index (χ3n) is 9.94. The van der Waals surface area contributed by atoms with E-state index in [2.05, 4.69) is 109 Å². The maximum absolute atomic E-state index is 6.48. The van der Waals surface area contributed by atoms with Crippen LogP contribution < -0.4 is 14.5 Å². The van der Waals surface area contributed by atoms with E-state index in [0.29, 0.717) is 17.5 Å². The fourth-order valence-electron chi connectivity index (χ4n) is 7.68. The first kappa shape index (κ1) is 29.3. The molecule has 0 N–H and O–H groups in total. The number of anilines is 3. The molecule has 10 rings (SSSR count). The van der Waals surface area contributed by atoms with Gasteiger partial charge in [0, 0.05) is 56.5 Å². The Kier molecular flexibility index (Phi) is 6.99. The van der Waals surface area contributed by atoms with Crippen LogP contribution >= 0.6 is 0 Å². The van der Waals surface area contributed by atoms with Crippen molar-refractivity contribution >= 4 is 39.0 Å². The zero-order valence-electron chi connectivity index (χ0n) is 26.1. The van der Waals surface area contributed by atoms with E-state index in [9.17, 15) is 0 Å². The number of ether oxygens (including phenoxy) is 1. The van der Waals surface area contributed by atoms with Crippen molar-refractivity contribution in [3.63, 3.8) is 0 Å². The van der Waals surface area contributed by atoms with Gasteiger partial charge in [-0.15, -0.1) is 48.1 Å². The molecule has 4 heterocycles. The standard InChI is InChI=1S/C39H34N5O.Pt/c1-39(2,3)27-17-19-40-36(21-27)44-33-11-5-4-10-31(33)32-16-15-30(23-35(32)44)45-29-9-6-8-28(22-29)42-24-43(37-25-13-14-26(37)20-25)38-34(42)12-7-18-41-38;/h4-12,15-19,21,24-26,37H,13-14,20H2,1-3H3;/q-3;. The van der Waals surface area contributed by atoms with E-state index in [4.69, 9.17) is 14.7 Å². The minimum atomic E-state index is 0. The first-order valence-corrected chi connectivity index (χ1v) is 15.9. The van der Waals surface area contributed by atoms with Crippen molar-refractivity contribution in [1.29, 1.82) is 0 Å². The van der Waals surface area contributed by atoms with Gasteiger partial charge in [0.25, 0.3) is 0 Å². The van der Waals surface area contributed by atoms with Crippen molar-refractivity contribution < 1.29 is 25.8 Å². The van der Waals surface area contributed by atoms with E-state index in [-0.39, 0.29) is 26.5 Å². The number of nitrogens with zero attached hydrogens (tertiary/aromatic N) is 5. The maximum Gasteiger partial charge on any atom is 0.135 e. The van der Waals surface area contributed by atoms with Crippen molar-refractivity contribution in [3.05, 3.63) is 116 Å². The van der Waals surface area contributed by atoms with Crippen LogP contribution in [0.4, 0.5) is 17.2 Å². The van der Waals surface area contributed by atoms with Crippen LogP contribution in [0.15, 0.2) is 91.3 Å². The molecule has 1 aliphatic heterocycles. The number of benzene rings is 3. The van der Waals surface area contributed by atoms with Crippen molar-refractivity contribution in [1.82, 2.24) is 14.5 Å². The Morgan fingerprint density at radius 2 is 1.65 bits per heavy atom. The topological polar surface area (TPSA) is 46.4 Å². The summed E-state index contributed by atoms with van der Waals surface area (Å²) in [5.74, 6) is 4.72. The van der Waals surface area contributed by atoms with Crippen molar-refractivity contribution in [2.45, 2.75) is 51.5 Å². The Morgan fingerprint density at radius 3 is 2.48 bits per heavy atom. The smallest absolute Gasteiger partial charge is 0.135 e. The van der Waals surface area contributed by atoms with Crippen LogP contribution in [0.2, 0.25) is 0 Å². The van der Waals surface area contributed by atoms with Gasteiger partial charge in [-0.3, -0.25) is 0 Å². The number of hydrogen-bond donors (Lipinski definition) is 0. The number of fused-ring (bicyclic) bond motifs is 5. The minimum Gasteiger partial charge on any atom is -0.509 e. The van der Waals surface area contributed by atoms with Crippen LogP contribution in [-0.4, -0.2) is 20.6 Å². The van der Waals surface area contributed by atoms with Crippen LogP contribution in [0.3, 0.4) is 0 Å². The summed E-state index contributed by atoms with van der Waals surface area (Å²) < 4.78 is 8.67. The summed E-state index contributed by atoms with van der Waals surface area (Å²) in [6.45, 7) is 8.90. The zero-order chi connectivity index (χ0) is 30.3. The van der Waals surface area contributed by atoms with E-state index in [1.165, 1.54) is 24.8 Å². The first-order chi connectivity index (χ1) is 21.9. The second kappa shape index (κ2) is 11.0. The van der Waals surface area contributed by atoms with Gasteiger partial charge in [-0.25, -0.2) is 9.97 Å². The maximum atomic E-state index is 6.48. The van der Waals surface area contributed by atoms with E-state index >= 15 is 0 Å². The van der Waals surface area contributed by atoms with Crippen LogP contribution in [0, 0.1) is 30.6 Å². The predicted molar refractivity (Wildman–Crippen MR) is 179 cm³/mol. The SMILES string of the molecule is CC(C)(C)c1ccnc(-n2c3[c-]c(Oc4[c-]c(N5[CH-]N(C6C7CCC6C7)c6ncccc65)ccc4)ccc3c3ccccc32)c1.[Pt]. The molecule has 3 fully saturated rings. The molecule has 6 aromatic rings. The Morgan fingerprint density at radius 1 is 0.826 bits per heavy atom. The van der Waals surface area contributed by atoms with Crippen LogP contribution in [0.1, 0.15) is 45.6 Å². The Bertz CT molecular complexity index is 2080. The molecule has 0 saturated heterocycles. The summed E-state index contributed by atoms with van der Waals surface area (Å²) >= 11 is 0. The van der Waals surface area contributed by atoms with Crippen LogP contribution in [0.5, 0.6) is 11.5 Å². The molecule has 0 radical (unpaired) electrons. The molecule has 0 spiro atoms. The molecule has 7 heteroatoms. The van der Waals surface area contributed by atoms with Gasteiger partial charge < -0.3 is 19.1 Å². The zero-order valence-corrected chi connectivity index (χ0v) is 28.3. The van der Waals surface area contributed by atoms with Gasteiger partial charge >= 0.3 is 0 Å². The van der Waals surface area contributed by atoms with Gasteiger partial charge in [0.1, 0.15) is 11.6 Å². The molecule has 3 aliphatic carbocycles. The predicted octanol–water partition coefficient (Wildman–Crippen LogP) is 9.14. The Balaban J connectivity index is 0.00000312. The van der Waals surface area contributed by atoms with Gasteiger partial charge in [-0.2, -0.15) is 12.1 Å². The summed E-state index contributed by atoms with van der Waals surface area (Å²) in [5, 5.41) is 2.27. The first-order valence-electron chi connectivity index (χ1n) is 15.9. The van der Waals surface area contributed by atoms with Gasteiger partial charge in [-0.1, -0.05) is 44.5 Å². The Labute approximate surface area is 284 Å². The summed E-state index contributed by atoms with van der Waals surface area (Å²) in [7, 11) is 0. The van der Waals surface area contributed by atoms with Crippen LogP contribution in [-0.2, 0) is 26.5 Å². The number of para-hydroxylation sites is 1. The number of pyridine rings is 2. The van der Waals surface area contributed by atoms with E-state index < -0.39 is 0 Å². The Hall–Kier alpha value is -4.15. The molecule has 0 amide bonds. The fourth-order valence-corrected chi connectivity index (χ4v) is 7.68. The number of aromatic nitrogens is 3. The van der Waals surface area contributed by atoms with Gasteiger partial charge in [0.2, 0.25) is 0 Å². The largest absolute Gasteiger partial charge is 0.509 e. The second-order valence-corrected chi connectivity index (χ2v) is 13.7. The molecule has 3 aromatic carbocycles. The average molecular weight is 784 g/mol.